The van der Waals surface area contributed by atoms with Crippen LogP contribution in [0.4, 0.5) is 0 Å². The first-order valence-electron chi connectivity index (χ1n) is 9.26. The van der Waals surface area contributed by atoms with Crippen molar-refractivity contribution < 1.29 is 4.79 Å². The standard InChI is InChI=1S/C20H27N5O/c1-16-12-21-13-19(23-16)17-6-5-10-25(14-17)20(26)8-11-24(2)15-18-7-3-4-9-22-18/h3-4,7,9,12-13,17H,5-6,8,10-11,14-15H2,1-2H3/t17-/m0/s1. The number of piperidine rings is 1. The van der Waals surface area contributed by atoms with Crippen LogP contribution in [0.3, 0.4) is 0 Å². The van der Waals surface area contributed by atoms with Gasteiger partial charge in [0.2, 0.25) is 5.91 Å². The lowest BCUT2D eigenvalue weighted by Gasteiger charge is -2.33. The zero-order valence-corrected chi connectivity index (χ0v) is 15.6. The zero-order chi connectivity index (χ0) is 18.4. The van der Waals surface area contributed by atoms with Gasteiger partial charge in [0.05, 0.1) is 17.1 Å². The van der Waals surface area contributed by atoms with E-state index in [1.165, 1.54) is 0 Å². The molecule has 3 rings (SSSR count). The number of aryl methyl sites for hydroxylation is 1. The molecule has 0 saturated carbocycles. The van der Waals surface area contributed by atoms with Crippen molar-refractivity contribution in [3.63, 3.8) is 0 Å². The van der Waals surface area contributed by atoms with Crippen molar-refractivity contribution in [2.45, 2.75) is 38.6 Å². The fourth-order valence-corrected chi connectivity index (χ4v) is 3.42. The summed E-state index contributed by atoms with van der Waals surface area (Å²) < 4.78 is 0. The smallest absolute Gasteiger partial charge is 0.223 e. The molecule has 0 aromatic carbocycles. The lowest BCUT2D eigenvalue weighted by atomic mass is 9.94. The number of nitrogens with zero attached hydrogens (tertiary/aromatic N) is 5. The van der Waals surface area contributed by atoms with Gasteiger partial charge in [-0.25, -0.2) is 0 Å². The quantitative estimate of drug-likeness (QED) is 0.798. The summed E-state index contributed by atoms with van der Waals surface area (Å²) in [6.45, 7) is 5.05. The van der Waals surface area contributed by atoms with E-state index in [4.69, 9.17) is 0 Å². The second kappa shape index (κ2) is 8.85. The number of amides is 1. The minimum atomic E-state index is 0.225. The highest BCUT2D eigenvalue weighted by atomic mass is 16.2. The molecule has 1 atom stereocenters. The Morgan fingerprint density at radius 3 is 3.00 bits per heavy atom. The van der Waals surface area contributed by atoms with Crippen molar-refractivity contribution in [1.29, 1.82) is 0 Å². The SMILES string of the molecule is Cc1cncc([C@H]2CCCN(C(=O)CCN(C)Cc3ccccn3)C2)n1. The van der Waals surface area contributed by atoms with E-state index >= 15 is 0 Å². The summed E-state index contributed by atoms with van der Waals surface area (Å²) >= 11 is 0. The van der Waals surface area contributed by atoms with Gasteiger partial charge in [-0.15, -0.1) is 0 Å². The largest absolute Gasteiger partial charge is 0.342 e. The molecule has 0 bridgehead atoms. The Balaban J connectivity index is 1.49. The predicted molar refractivity (Wildman–Crippen MR) is 101 cm³/mol. The van der Waals surface area contributed by atoms with Gasteiger partial charge in [0.15, 0.2) is 0 Å². The third-order valence-electron chi connectivity index (χ3n) is 4.83. The third-order valence-corrected chi connectivity index (χ3v) is 4.83. The van der Waals surface area contributed by atoms with Gasteiger partial charge >= 0.3 is 0 Å². The highest BCUT2D eigenvalue weighted by molar-refractivity contribution is 5.76. The summed E-state index contributed by atoms with van der Waals surface area (Å²) in [5.41, 5.74) is 2.97. The Kier molecular flexibility index (Phi) is 6.28. The zero-order valence-electron chi connectivity index (χ0n) is 15.6. The van der Waals surface area contributed by atoms with E-state index < -0.39 is 0 Å². The molecule has 1 saturated heterocycles. The second-order valence-corrected chi connectivity index (χ2v) is 7.07. The van der Waals surface area contributed by atoms with E-state index in [1.807, 2.05) is 43.3 Å². The maximum absolute atomic E-state index is 12.6. The Bertz CT molecular complexity index is 721. The Labute approximate surface area is 155 Å². The Hall–Kier alpha value is -2.34. The molecule has 6 nitrogen and oxygen atoms in total. The number of carbonyl (C=O) groups is 1. The number of pyridine rings is 1. The van der Waals surface area contributed by atoms with Crippen LogP contribution in [0.1, 0.15) is 42.3 Å². The van der Waals surface area contributed by atoms with Gasteiger partial charge in [-0.3, -0.25) is 19.7 Å². The predicted octanol–water partition coefficient (Wildman–Crippen LogP) is 2.41. The fraction of sp³-hybridized carbons (Fsp3) is 0.500. The van der Waals surface area contributed by atoms with E-state index in [-0.39, 0.29) is 5.91 Å². The molecule has 6 heteroatoms. The van der Waals surface area contributed by atoms with Crippen LogP contribution in [0.25, 0.3) is 0 Å². The molecule has 138 valence electrons. The van der Waals surface area contributed by atoms with Crippen LogP contribution in [0.5, 0.6) is 0 Å². The molecule has 0 spiro atoms. The first kappa shape index (κ1) is 18.5. The third kappa shape index (κ3) is 5.08. The lowest BCUT2D eigenvalue weighted by Crippen LogP contribution is -2.40. The summed E-state index contributed by atoms with van der Waals surface area (Å²) in [5.74, 6) is 0.523. The van der Waals surface area contributed by atoms with Crippen molar-refractivity contribution in [3.8, 4) is 0 Å². The summed E-state index contributed by atoms with van der Waals surface area (Å²) in [7, 11) is 2.03. The molecule has 1 aliphatic rings. The fourth-order valence-electron chi connectivity index (χ4n) is 3.42. The van der Waals surface area contributed by atoms with Gasteiger partial charge in [0, 0.05) is 57.1 Å². The van der Waals surface area contributed by atoms with Gasteiger partial charge in [-0.05, 0) is 38.9 Å². The molecule has 1 amide bonds. The molecule has 0 unspecified atom stereocenters. The Morgan fingerprint density at radius 2 is 2.23 bits per heavy atom. The van der Waals surface area contributed by atoms with E-state index in [2.05, 4.69) is 19.9 Å². The van der Waals surface area contributed by atoms with E-state index in [0.29, 0.717) is 12.3 Å². The van der Waals surface area contributed by atoms with Crippen LogP contribution < -0.4 is 0 Å². The molecule has 1 fully saturated rings. The number of likely N-dealkylation sites (tertiary alicyclic amines) is 1. The van der Waals surface area contributed by atoms with Crippen LogP contribution in [0, 0.1) is 6.92 Å². The van der Waals surface area contributed by atoms with Crippen molar-refractivity contribution in [3.05, 3.63) is 53.9 Å². The van der Waals surface area contributed by atoms with E-state index in [0.717, 1.165) is 56.1 Å². The lowest BCUT2D eigenvalue weighted by molar-refractivity contribution is -0.132. The summed E-state index contributed by atoms with van der Waals surface area (Å²) in [4.78, 5) is 30.0. The van der Waals surface area contributed by atoms with Crippen LogP contribution in [-0.4, -0.2) is 57.3 Å². The topological polar surface area (TPSA) is 62.2 Å². The maximum atomic E-state index is 12.6. The monoisotopic (exact) mass is 353 g/mol. The van der Waals surface area contributed by atoms with Crippen molar-refractivity contribution in [1.82, 2.24) is 24.8 Å². The molecular weight excluding hydrogens is 326 g/mol. The average molecular weight is 353 g/mol. The minimum Gasteiger partial charge on any atom is -0.342 e. The second-order valence-electron chi connectivity index (χ2n) is 7.07. The highest BCUT2D eigenvalue weighted by Crippen LogP contribution is 2.25. The molecule has 2 aromatic heterocycles. The molecule has 3 heterocycles. The van der Waals surface area contributed by atoms with Crippen LogP contribution in [0.15, 0.2) is 36.8 Å². The van der Waals surface area contributed by atoms with Crippen molar-refractivity contribution in [2.24, 2.45) is 0 Å². The van der Waals surface area contributed by atoms with Crippen LogP contribution in [-0.2, 0) is 11.3 Å². The van der Waals surface area contributed by atoms with E-state index in [9.17, 15) is 4.79 Å². The summed E-state index contributed by atoms with van der Waals surface area (Å²) in [6.07, 6.45) is 8.04. The maximum Gasteiger partial charge on any atom is 0.223 e. The number of hydrogen-bond donors (Lipinski definition) is 0. The molecule has 2 aromatic rings. The number of carbonyl (C=O) groups excluding carboxylic acids is 1. The van der Waals surface area contributed by atoms with Gasteiger partial charge in [-0.2, -0.15) is 0 Å². The summed E-state index contributed by atoms with van der Waals surface area (Å²) in [6, 6.07) is 5.91. The minimum absolute atomic E-state index is 0.225. The molecule has 26 heavy (non-hydrogen) atoms. The first-order valence-corrected chi connectivity index (χ1v) is 9.26. The molecule has 0 aliphatic carbocycles. The number of rotatable bonds is 6. The molecule has 0 radical (unpaired) electrons. The van der Waals surface area contributed by atoms with Crippen molar-refractivity contribution >= 4 is 5.91 Å². The number of aromatic nitrogens is 3. The van der Waals surface area contributed by atoms with Crippen molar-refractivity contribution in [2.75, 3.05) is 26.7 Å². The molecule has 1 aliphatic heterocycles. The highest BCUT2D eigenvalue weighted by Gasteiger charge is 2.25. The van der Waals surface area contributed by atoms with Gasteiger partial charge in [0.1, 0.15) is 0 Å². The normalized spacial score (nSPS) is 17.5. The van der Waals surface area contributed by atoms with Gasteiger partial charge in [-0.1, -0.05) is 6.07 Å². The van der Waals surface area contributed by atoms with Crippen LogP contribution in [0.2, 0.25) is 0 Å². The number of hydrogen-bond acceptors (Lipinski definition) is 5. The molecule has 0 N–H and O–H groups in total. The summed E-state index contributed by atoms with van der Waals surface area (Å²) in [5, 5.41) is 0. The van der Waals surface area contributed by atoms with E-state index in [1.54, 1.807) is 12.4 Å². The average Bonchev–Trinajstić information content (AvgIpc) is 2.67. The van der Waals surface area contributed by atoms with Gasteiger partial charge < -0.3 is 9.80 Å². The first-order chi connectivity index (χ1) is 12.6. The molecular formula is C20H27N5O. The van der Waals surface area contributed by atoms with Gasteiger partial charge in [0.25, 0.3) is 0 Å². The Morgan fingerprint density at radius 1 is 1.35 bits per heavy atom. The van der Waals surface area contributed by atoms with Crippen LogP contribution >= 0.6 is 0 Å².